The molecule has 2 heterocycles. The van der Waals surface area contributed by atoms with E-state index in [1.165, 1.54) is 4.31 Å². The van der Waals surface area contributed by atoms with Crippen molar-refractivity contribution in [3.05, 3.63) is 78.5 Å². The average molecular weight is 468 g/mol. The number of rotatable bonds is 7. The number of ether oxygens (including phenoxy) is 2. The van der Waals surface area contributed by atoms with Crippen LogP contribution in [0.2, 0.25) is 0 Å². The Bertz CT molecular complexity index is 1190. The van der Waals surface area contributed by atoms with Gasteiger partial charge < -0.3 is 14.4 Å². The fourth-order valence-electron chi connectivity index (χ4n) is 3.56. The van der Waals surface area contributed by atoms with E-state index in [2.05, 4.69) is 4.98 Å². The number of amides is 1. The number of para-hydroxylation sites is 1. The van der Waals surface area contributed by atoms with Crippen LogP contribution >= 0.6 is 0 Å². The van der Waals surface area contributed by atoms with Gasteiger partial charge in [0.1, 0.15) is 17.1 Å². The molecule has 0 N–H and O–H groups in total. The number of carbonyl (C=O) groups is 1. The second-order valence-electron chi connectivity index (χ2n) is 7.37. The number of hydrogen-bond donors (Lipinski definition) is 0. The molecule has 3 aromatic rings. The lowest BCUT2D eigenvalue weighted by atomic mass is 10.2. The lowest BCUT2D eigenvalue weighted by Crippen LogP contribution is -2.50. The van der Waals surface area contributed by atoms with Gasteiger partial charge in [-0.3, -0.25) is 4.79 Å². The van der Waals surface area contributed by atoms with E-state index in [1.807, 2.05) is 25.1 Å². The fraction of sp³-hybridized carbons (Fsp3) is 0.250. The van der Waals surface area contributed by atoms with Gasteiger partial charge in [-0.2, -0.15) is 4.31 Å². The van der Waals surface area contributed by atoms with E-state index >= 15 is 0 Å². The molecule has 1 fully saturated rings. The Labute approximate surface area is 193 Å². The molecule has 33 heavy (non-hydrogen) atoms. The van der Waals surface area contributed by atoms with Crippen LogP contribution in [0.15, 0.2) is 77.8 Å². The third-order valence-corrected chi connectivity index (χ3v) is 7.17. The van der Waals surface area contributed by atoms with Gasteiger partial charge in [0.2, 0.25) is 15.9 Å². The lowest BCUT2D eigenvalue weighted by molar-refractivity contribution is 0.0694. The molecule has 0 spiro atoms. The van der Waals surface area contributed by atoms with Crippen LogP contribution in [0.4, 0.5) is 0 Å². The summed E-state index contributed by atoms with van der Waals surface area (Å²) >= 11 is 0. The molecule has 0 bridgehead atoms. The molecule has 1 aliphatic heterocycles. The maximum atomic E-state index is 13.2. The number of benzene rings is 2. The molecule has 0 unspecified atom stereocenters. The fourth-order valence-corrected chi connectivity index (χ4v) is 4.98. The highest BCUT2D eigenvalue weighted by Crippen LogP contribution is 2.25. The molecule has 0 saturated carbocycles. The summed E-state index contributed by atoms with van der Waals surface area (Å²) < 4.78 is 38.6. The Balaban J connectivity index is 1.43. The van der Waals surface area contributed by atoms with Crippen molar-refractivity contribution in [1.82, 2.24) is 14.2 Å². The largest absolute Gasteiger partial charge is 0.494 e. The maximum absolute atomic E-state index is 13.2. The van der Waals surface area contributed by atoms with E-state index in [-0.39, 0.29) is 42.9 Å². The number of piperazine rings is 1. The summed E-state index contributed by atoms with van der Waals surface area (Å²) in [4.78, 5) is 19.2. The Morgan fingerprint density at radius 2 is 1.61 bits per heavy atom. The summed E-state index contributed by atoms with van der Waals surface area (Å²) in [5.74, 6) is 1.18. The number of hydrogen-bond acceptors (Lipinski definition) is 6. The predicted octanol–water partition coefficient (Wildman–Crippen LogP) is 3.42. The minimum atomic E-state index is -3.65. The summed E-state index contributed by atoms with van der Waals surface area (Å²) in [5.41, 5.74) is 0.337. The highest BCUT2D eigenvalue weighted by Gasteiger charge is 2.31. The van der Waals surface area contributed by atoms with Crippen molar-refractivity contribution in [2.45, 2.75) is 11.8 Å². The van der Waals surface area contributed by atoms with Gasteiger partial charge in [-0.15, -0.1) is 0 Å². The van der Waals surface area contributed by atoms with Gasteiger partial charge in [0, 0.05) is 32.4 Å². The predicted molar refractivity (Wildman–Crippen MR) is 123 cm³/mol. The first-order chi connectivity index (χ1) is 16.0. The molecular formula is C24H25N3O5S. The van der Waals surface area contributed by atoms with Crippen LogP contribution in [-0.4, -0.2) is 61.3 Å². The Kier molecular flexibility index (Phi) is 6.90. The van der Waals surface area contributed by atoms with E-state index in [4.69, 9.17) is 9.47 Å². The number of carbonyl (C=O) groups excluding carboxylic acids is 1. The van der Waals surface area contributed by atoms with Crippen LogP contribution in [-0.2, 0) is 10.0 Å². The van der Waals surface area contributed by atoms with Gasteiger partial charge in [0.25, 0.3) is 5.91 Å². The Morgan fingerprint density at radius 3 is 2.27 bits per heavy atom. The SMILES string of the molecule is CCOc1ccc(S(=O)(=O)N2CCN(C(=O)c3cccnc3Oc3ccccc3)CC2)cc1. The number of pyridine rings is 1. The first-order valence-electron chi connectivity index (χ1n) is 10.7. The molecule has 1 aromatic heterocycles. The molecule has 4 rings (SSSR count). The smallest absolute Gasteiger partial charge is 0.259 e. The van der Waals surface area contributed by atoms with Crippen LogP contribution in [0, 0.1) is 0 Å². The van der Waals surface area contributed by atoms with Gasteiger partial charge in [-0.05, 0) is 55.5 Å². The van der Waals surface area contributed by atoms with Crippen molar-refractivity contribution in [1.29, 1.82) is 0 Å². The molecule has 0 radical (unpaired) electrons. The summed E-state index contributed by atoms with van der Waals surface area (Å²) in [6, 6.07) is 18.8. The van der Waals surface area contributed by atoms with Gasteiger partial charge in [0.15, 0.2) is 0 Å². The number of aromatic nitrogens is 1. The van der Waals surface area contributed by atoms with E-state index in [0.717, 1.165) is 0 Å². The van der Waals surface area contributed by atoms with Gasteiger partial charge in [0.05, 0.1) is 11.5 Å². The highest BCUT2D eigenvalue weighted by molar-refractivity contribution is 7.89. The van der Waals surface area contributed by atoms with E-state index in [1.54, 1.807) is 59.6 Å². The summed E-state index contributed by atoms with van der Waals surface area (Å²) in [5, 5.41) is 0. The molecule has 2 aromatic carbocycles. The monoisotopic (exact) mass is 467 g/mol. The second-order valence-corrected chi connectivity index (χ2v) is 9.31. The first kappa shape index (κ1) is 22.8. The zero-order valence-corrected chi connectivity index (χ0v) is 19.1. The number of nitrogens with zero attached hydrogens (tertiary/aromatic N) is 3. The summed E-state index contributed by atoms with van der Waals surface area (Å²) in [7, 11) is -3.65. The molecule has 1 amide bonds. The first-order valence-corrected chi connectivity index (χ1v) is 12.1. The van der Waals surface area contributed by atoms with Crippen LogP contribution < -0.4 is 9.47 Å². The Morgan fingerprint density at radius 1 is 0.909 bits per heavy atom. The molecule has 1 aliphatic rings. The molecule has 8 nitrogen and oxygen atoms in total. The standard InChI is InChI=1S/C24H25N3O5S/c1-2-31-19-10-12-21(13-11-19)33(29,30)27-17-15-26(16-18-27)24(28)22-9-6-14-25-23(22)32-20-7-4-3-5-8-20/h3-14H,2,15-18H2,1H3. The van der Waals surface area contributed by atoms with Crippen molar-refractivity contribution >= 4 is 15.9 Å². The van der Waals surface area contributed by atoms with Gasteiger partial charge in [-0.25, -0.2) is 13.4 Å². The van der Waals surface area contributed by atoms with Crippen LogP contribution in [0.1, 0.15) is 17.3 Å². The molecule has 1 saturated heterocycles. The van der Waals surface area contributed by atoms with Gasteiger partial charge in [-0.1, -0.05) is 18.2 Å². The van der Waals surface area contributed by atoms with Crippen molar-refractivity contribution in [3.8, 4) is 17.4 Å². The third-order valence-electron chi connectivity index (χ3n) is 5.26. The van der Waals surface area contributed by atoms with Crippen molar-refractivity contribution in [2.24, 2.45) is 0 Å². The topological polar surface area (TPSA) is 89.0 Å². The summed E-state index contributed by atoms with van der Waals surface area (Å²) in [6.07, 6.45) is 1.57. The zero-order valence-electron chi connectivity index (χ0n) is 18.3. The molecule has 0 aliphatic carbocycles. The van der Waals surface area contributed by atoms with E-state index in [0.29, 0.717) is 23.7 Å². The quantitative estimate of drug-likeness (QED) is 0.529. The average Bonchev–Trinajstić information content (AvgIpc) is 2.85. The summed E-state index contributed by atoms with van der Waals surface area (Å²) in [6.45, 7) is 3.33. The Hall–Kier alpha value is -3.43. The number of sulfonamides is 1. The third kappa shape index (κ3) is 5.15. The molecular weight excluding hydrogens is 442 g/mol. The molecule has 0 atom stereocenters. The van der Waals surface area contributed by atoms with Crippen molar-refractivity contribution in [3.63, 3.8) is 0 Å². The van der Waals surface area contributed by atoms with E-state index in [9.17, 15) is 13.2 Å². The van der Waals surface area contributed by atoms with Crippen LogP contribution in [0.3, 0.4) is 0 Å². The minimum Gasteiger partial charge on any atom is -0.494 e. The molecule has 172 valence electrons. The lowest BCUT2D eigenvalue weighted by Gasteiger charge is -2.34. The van der Waals surface area contributed by atoms with Crippen LogP contribution in [0.25, 0.3) is 0 Å². The van der Waals surface area contributed by atoms with Crippen molar-refractivity contribution in [2.75, 3.05) is 32.8 Å². The zero-order chi connectivity index (χ0) is 23.3. The van der Waals surface area contributed by atoms with Crippen molar-refractivity contribution < 1.29 is 22.7 Å². The van der Waals surface area contributed by atoms with Crippen LogP contribution in [0.5, 0.6) is 17.4 Å². The minimum absolute atomic E-state index is 0.205. The second kappa shape index (κ2) is 10.0. The maximum Gasteiger partial charge on any atom is 0.259 e. The normalized spacial score (nSPS) is 14.6. The van der Waals surface area contributed by atoms with Gasteiger partial charge >= 0.3 is 0 Å². The highest BCUT2D eigenvalue weighted by atomic mass is 32.2. The van der Waals surface area contributed by atoms with E-state index < -0.39 is 10.0 Å². The molecule has 9 heteroatoms.